The summed E-state index contributed by atoms with van der Waals surface area (Å²) in [4.78, 5) is 35.1. The van der Waals surface area contributed by atoms with Gasteiger partial charge in [-0.05, 0) is 46.9 Å². The molecule has 0 fully saturated rings. The van der Waals surface area contributed by atoms with Crippen LogP contribution in [0.15, 0.2) is 103 Å². The van der Waals surface area contributed by atoms with Crippen LogP contribution in [0.3, 0.4) is 0 Å². The lowest BCUT2D eigenvalue weighted by Crippen LogP contribution is -2.04. The van der Waals surface area contributed by atoms with Crippen LogP contribution < -0.4 is 9.47 Å². The number of ketones is 1. The Morgan fingerprint density at radius 1 is 0.776 bits per heavy atom. The normalized spacial score (nSPS) is 11.1. The van der Waals surface area contributed by atoms with Crippen molar-refractivity contribution in [1.82, 2.24) is 30.0 Å². The number of allylic oxidation sites excluding steroid dienone is 1. The highest BCUT2D eigenvalue weighted by Crippen LogP contribution is 2.28. The first-order chi connectivity index (χ1) is 23.8. The van der Waals surface area contributed by atoms with Crippen LogP contribution in [0.25, 0.3) is 6.08 Å². The number of thiophene rings is 1. The maximum absolute atomic E-state index is 13.2. The number of aromatic nitrogens is 6. The predicted molar refractivity (Wildman–Crippen MR) is 177 cm³/mol. The fourth-order valence-electron chi connectivity index (χ4n) is 4.64. The van der Waals surface area contributed by atoms with Gasteiger partial charge in [0.25, 0.3) is 11.4 Å². The van der Waals surface area contributed by atoms with Crippen molar-refractivity contribution < 1.29 is 24.1 Å². The van der Waals surface area contributed by atoms with Crippen LogP contribution in [0.2, 0.25) is 0 Å². The predicted octanol–water partition coefficient (Wildman–Crippen LogP) is 5.90. The summed E-state index contributed by atoms with van der Waals surface area (Å²) >= 11 is 1.51. The second kappa shape index (κ2) is 14.9. The van der Waals surface area contributed by atoms with Gasteiger partial charge in [-0.1, -0.05) is 40.8 Å². The van der Waals surface area contributed by atoms with Gasteiger partial charge in [0.15, 0.2) is 5.78 Å². The first-order valence-electron chi connectivity index (χ1n) is 14.7. The summed E-state index contributed by atoms with van der Waals surface area (Å²) in [5.74, 6) is 0.455. The molecule has 0 atom stereocenters. The van der Waals surface area contributed by atoms with Gasteiger partial charge in [0.1, 0.15) is 36.1 Å². The number of nitro groups is 2. The summed E-state index contributed by atoms with van der Waals surface area (Å²) in [6.45, 7) is 0.819. The Kier molecular flexibility index (Phi) is 9.85. The molecule has 15 nitrogen and oxygen atoms in total. The molecule has 0 aliphatic rings. The quantitative estimate of drug-likeness (QED) is 0.0545. The third-order valence-electron chi connectivity index (χ3n) is 7.08. The van der Waals surface area contributed by atoms with Gasteiger partial charge in [0.2, 0.25) is 0 Å². The molecule has 0 saturated heterocycles. The molecular weight excluding hydrogens is 652 g/mol. The number of ether oxygens (including phenoxy) is 2. The van der Waals surface area contributed by atoms with Gasteiger partial charge in [0.05, 0.1) is 40.9 Å². The first-order valence-corrected chi connectivity index (χ1v) is 15.6. The van der Waals surface area contributed by atoms with E-state index in [0.29, 0.717) is 35.8 Å². The molecule has 246 valence electrons. The van der Waals surface area contributed by atoms with Crippen LogP contribution in [-0.4, -0.2) is 45.6 Å². The third-order valence-corrected chi connectivity index (χ3v) is 7.92. The van der Waals surface area contributed by atoms with Gasteiger partial charge in [-0.3, -0.25) is 25.0 Å². The van der Waals surface area contributed by atoms with Crippen molar-refractivity contribution >= 4 is 34.6 Å². The van der Waals surface area contributed by atoms with Crippen molar-refractivity contribution in [3.8, 4) is 11.5 Å². The standard InChI is InChI=1S/C33H26N8O7S/c42-32(14-12-30-2-1-15-49-30)31-13-11-29(47-21-25-19-38(36-34-25)17-23-3-7-27(8-4-23)40(43)44)16-33(31)48-22-26-20-39(37-35-26)18-24-5-9-28(10-6-24)41(45)46/h1-16,19-20H,17-18,21-22H2/b14-12+. The van der Waals surface area contributed by atoms with Crippen molar-refractivity contribution in [2.75, 3.05) is 0 Å². The summed E-state index contributed by atoms with van der Waals surface area (Å²) in [5.41, 5.74) is 3.03. The second-order valence-electron chi connectivity index (χ2n) is 10.6. The van der Waals surface area contributed by atoms with Crippen LogP contribution in [0, 0.1) is 20.2 Å². The van der Waals surface area contributed by atoms with Crippen molar-refractivity contribution in [3.05, 3.63) is 156 Å². The lowest BCUT2D eigenvalue weighted by Gasteiger charge is -2.12. The maximum Gasteiger partial charge on any atom is 0.269 e. The minimum atomic E-state index is -0.455. The van der Waals surface area contributed by atoms with Crippen molar-refractivity contribution in [2.24, 2.45) is 0 Å². The van der Waals surface area contributed by atoms with Gasteiger partial charge < -0.3 is 9.47 Å². The number of non-ortho nitro benzene ring substituents is 2. The molecule has 3 aromatic heterocycles. The fourth-order valence-corrected chi connectivity index (χ4v) is 5.26. The number of benzene rings is 3. The zero-order valence-electron chi connectivity index (χ0n) is 25.6. The highest BCUT2D eigenvalue weighted by molar-refractivity contribution is 7.10. The van der Waals surface area contributed by atoms with E-state index in [0.717, 1.165) is 16.0 Å². The highest BCUT2D eigenvalue weighted by atomic mass is 32.1. The third kappa shape index (κ3) is 8.63. The molecule has 0 spiro atoms. The summed E-state index contributed by atoms with van der Waals surface area (Å²) in [6.07, 6.45) is 6.63. The molecule has 0 aliphatic heterocycles. The van der Waals surface area contributed by atoms with Crippen molar-refractivity contribution in [2.45, 2.75) is 26.3 Å². The zero-order valence-corrected chi connectivity index (χ0v) is 26.4. The largest absolute Gasteiger partial charge is 0.487 e. The maximum atomic E-state index is 13.2. The lowest BCUT2D eigenvalue weighted by molar-refractivity contribution is -0.385. The molecule has 0 radical (unpaired) electrons. The summed E-state index contributed by atoms with van der Waals surface area (Å²) < 4.78 is 15.2. The van der Waals surface area contributed by atoms with Gasteiger partial charge in [0, 0.05) is 35.2 Å². The molecule has 0 unspecified atom stereocenters. The van der Waals surface area contributed by atoms with Crippen LogP contribution in [0.4, 0.5) is 11.4 Å². The molecule has 6 rings (SSSR count). The Bertz CT molecular complexity index is 2110. The van der Waals surface area contributed by atoms with Gasteiger partial charge >= 0.3 is 0 Å². The van der Waals surface area contributed by atoms with Crippen LogP contribution in [0.5, 0.6) is 11.5 Å². The first kappa shape index (κ1) is 32.4. The molecular formula is C33H26N8O7S. The molecule has 0 N–H and O–H groups in total. The van der Waals surface area contributed by atoms with E-state index >= 15 is 0 Å². The minimum absolute atomic E-state index is 0.00393. The van der Waals surface area contributed by atoms with Gasteiger partial charge in [-0.25, -0.2) is 9.36 Å². The number of carbonyl (C=O) groups is 1. The number of rotatable bonds is 15. The van der Waals surface area contributed by atoms with Gasteiger partial charge in [-0.2, -0.15) is 0 Å². The Balaban J connectivity index is 1.12. The molecule has 3 aromatic carbocycles. The van der Waals surface area contributed by atoms with Crippen LogP contribution in [-0.2, 0) is 26.3 Å². The molecule has 0 bridgehead atoms. The summed E-state index contributed by atoms with van der Waals surface area (Å²) in [6, 6.07) is 21.1. The summed E-state index contributed by atoms with van der Waals surface area (Å²) in [7, 11) is 0. The summed E-state index contributed by atoms with van der Waals surface area (Å²) in [5, 5.41) is 40.3. The molecule has 49 heavy (non-hydrogen) atoms. The van der Waals surface area contributed by atoms with E-state index < -0.39 is 9.85 Å². The zero-order chi connectivity index (χ0) is 34.2. The number of hydrogen-bond donors (Lipinski definition) is 0. The Morgan fingerprint density at radius 2 is 1.35 bits per heavy atom. The number of nitrogens with zero attached hydrogens (tertiary/aromatic N) is 8. The number of nitro benzene ring substituents is 2. The smallest absolute Gasteiger partial charge is 0.269 e. The topological polar surface area (TPSA) is 183 Å². The lowest BCUT2D eigenvalue weighted by atomic mass is 10.1. The number of carbonyl (C=O) groups excluding carboxylic acids is 1. The van der Waals surface area contributed by atoms with E-state index in [-0.39, 0.29) is 36.1 Å². The average molecular weight is 679 g/mol. The Hall–Kier alpha value is -6.55. The van der Waals surface area contributed by atoms with E-state index in [4.69, 9.17) is 9.47 Å². The van der Waals surface area contributed by atoms with E-state index in [1.54, 1.807) is 70.3 Å². The molecule has 0 saturated carbocycles. The monoisotopic (exact) mass is 678 g/mol. The molecule has 0 amide bonds. The fraction of sp³-hybridized carbons (Fsp3) is 0.121. The van der Waals surface area contributed by atoms with Crippen LogP contribution in [0.1, 0.15) is 37.7 Å². The second-order valence-corrected chi connectivity index (χ2v) is 11.6. The van der Waals surface area contributed by atoms with E-state index in [1.807, 2.05) is 17.5 Å². The molecule has 3 heterocycles. The average Bonchev–Trinajstić information content (AvgIpc) is 3.89. The highest BCUT2D eigenvalue weighted by Gasteiger charge is 2.15. The van der Waals surface area contributed by atoms with E-state index in [2.05, 4.69) is 20.6 Å². The molecule has 16 heteroatoms. The van der Waals surface area contributed by atoms with Crippen LogP contribution >= 0.6 is 11.3 Å². The Labute approximate surface area is 282 Å². The molecule has 0 aliphatic carbocycles. The van der Waals surface area contributed by atoms with Gasteiger partial charge in [-0.15, -0.1) is 21.5 Å². The number of hydrogen-bond acceptors (Lipinski definition) is 12. The molecule has 6 aromatic rings. The Morgan fingerprint density at radius 3 is 1.88 bits per heavy atom. The van der Waals surface area contributed by atoms with E-state index in [1.165, 1.54) is 41.7 Å². The minimum Gasteiger partial charge on any atom is -0.487 e. The SMILES string of the molecule is O=C(/C=C/c1cccs1)c1ccc(OCc2cn(Cc3ccc([N+](=O)[O-])cc3)nn2)cc1OCc1cn(Cc2ccc([N+](=O)[O-])cc2)nn1. The van der Waals surface area contributed by atoms with E-state index in [9.17, 15) is 25.0 Å². The van der Waals surface area contributed by atoms with Crippen molar-refractivity contribution in [1.29, 1.82) is 0 Å². The van der Waals surface area contributed by atoms with Crippen molar-refractivity contribution in [3.63, 3.8) is 0 Å².